The number of rotatable bonds is 5. The molecule has 1 aliphatic rings. The SMILES string of the molecule is CCOc1cccnc1NCC1CCCCC1Cl. The zero-order valence-corrected chi connectivity index (χ0v) is 11.6. The largest absolute Gasteiger partial charge is 0.490 e. The molecule has 4 heteroatoms. The van der Waals surface area contributed by atoms with E-state index in [1.54, 1.807) is 6.20 Å². The van der Waals surface area contributed by atoms with Crippen LogP contribution in [-0.2, 0) is 0 Å². The third-order valence-corrected chi connectivity index (χ3v) is 3.99. The van der Waals surface area contributed by atoms with E-state index >= 15 is 0 Å². The van der Waals surface area contributed by atoms with Crippen molar-refractivity contribution in [1.29, 1.82) is 0 Å². The van der Waals surface area contributed by atoms with Crippen molar-refractivity contribution < 1.29 is 4.74 Å². The molecule has 0 bridgehead atoms. The Morgan fingerprint density at radius 2 is 2.28 bits per heavy atom. The highest BCUT2D eigenvalue weighted by atomic mass is 35.5. The van der Waals surface area contributed by atoms with Crippen molar-refractivity contribution in [3.63, 3.8) is 0 Å². The Balaban J connectivity index is 1.92. The van der Waals surface area contributed by atoms with Crippen LogP contribution in [0.15, 0.2) is 18.3 Å². The molecule has 1 fully saturated rings. The summed E-state index contributed by atoms with van der Waals surface area (Å²) in [6.07, 6.45) is 6.67. The van der Waals surface area contributed by atoms with E-state index < -0.39 is 0 Å². The van der Waals surface area contributed by atoms with Crippen LogP contribution in [0.3, 0.4) is 0 Å². The van der Waals surface area contributed by atoms with Crippen LogP contribution in [0.1, 0.15) is 32.6 Å². The molecule has 0 amide bonds. The first-order valence-electron chi connectivity index (χ1n) is 6.77. The Morgan fingerprint density at radius 3 is 3.06 bits per heavy atom. The van der Waals surface area contributed by atoms with Gasteiger partial charge in [0.05, 0.1) is 6.61 Å². The maximum Gasteiger partial charge on any atom is 0.168 e. The van der Waals surface area contributed by atoms with Crippen LogP contribution in [0.5, 0.6) is 5.75 Å². The molecule has 1 heterocycles. The minimum absolute atomic E-state index is 0.297. The third-order valence-electron chi connectivity index (χ3n) is 3.42. The van der Waals surface area contributed by atoms with Gasteiger partial charge in [0.25, 0.3) is 0 Å². The first kappa shape index (κ1) is 13.5. The standard InChI is InChI=1S/C14H21ClN2O/c1-2-18-13-8-5-9-16-14(13)17-10-11-6-3-4-7-12(11)15/h5,8-9,11-12H,2-4,6-7,10H2,1H3,(H,16,17). The Hall–Kier alpha value is -0.960. The smallest absolute Gasteiger partial charge is 0.168 e. The molecule has 0 saturated heterocycles. The average molecular weight is 269 g/mol. The van der Waals surface area contributed by atoms with E-state index in [4.69, 9.17) is 16.3 Å². The fourth-order valence-corrected chi connectivity index (χ4v) is 2.78. The average Bonchev–Trinajstić information content (AvgIpc) is 2.40. The fraction of sp³-hybridized carbons (Fsp3) is 0.643. The van der Waals surface area contributed by atoms with Gasteiger partial charge in [-0.25, -0.2) is 4.98 Å². The first-order chi connectivity index (χ1) is 8.81. The molecule has 18 heavy (non-hydrogen) atoms. The molecule has 2 atom stereocenters. The highest BCUT2D eigenvalue weighted by Gasteiger charge is 2.23. The second-order valence-corrected chi connectivity index (χ2v) is 5.29. The lowest BCUT2D eigenvalue weighted by Gasteiger charge is -2.27. The number of anilines is 1. The van der Waals surface area contributed by atoms with Crippen molar-refractivity contribution in [3.8, 4) is 5.75 Å². The maximum atomic E-state index is 6.36. The lowest BCUT2D eigenvalue weighted by molar-refractivity contribution is 0.339. The summed E-state index contributed by atoms with van der Waals surface area (Å²) in [6, 6.07) is 3.83. The molecule has 0 spiro atoms. The van der Waals surface area contributed by atoms with Crippen molar-refractivity contribution in [3.05, 3.63) is 18.3 Å². The summed E-state index contributed by atoms with van der Waals surface area (Å²) in [6.45, 7) is 3.51. The molecule has 1 N–H and O–H groups in total. The van der Waals surface area contributed by atoms with E-state index in [2.05, 4.69) is 10.3 Å². The van der Waals surface area contributed by atoms with E-state index in [9.17, 15) is 0 Å². The Bertz CT molecular complexity index is 373. The van der Waals surface area contributed by atoms with Crippen molar-refractivity contribution in [1.82, 2.24) is 4.98 Å². The van der Waals surface area contributed by atoms with Gasteiger partial charge in [0.1, 0.15) is 0 Å². The predicted octanol–water partition coefficient (Wildman–Crippen LogP) is 3.69. The van der Waals surface area contributed by atoms with E-state index in [0.717, 1.165) is 24.5 Å². The topological polar surface area (TPSA) is 34.1 Å². The summed E-state index contributed by atoms with van der Waals surface area (Å²) < 4.78 is 5.55. The molecular weight excluding hydrogens is 248 g/mol. The van der Waals surface area contributed by atoms with Crippen LogP contribution < -0.4 is 10.1 Å². The summed E-state index contributed by atoms with van der Waals surface area (Å²) in [7, 11) is 0. The number of hydrogen-bond acceptors (Lipinski definition) is 3. The number of ether oxygens (including phenoxy) is 1. The van der Waals surface area contributed by atoms with Gasteiger partial charge in [0, 0.05) is 18.1 Å². The number of pyridine rings is 1. The maximum absolute atomic E-state index is 6.36. The van der Waals surface area contributed by atoms with E-state index in [1.807, 2.05) is 19.1 Å². The minimum atomic E-state index is 0.297. The number of nitrogens with one attached hydrogen (secondary N) is 1. The Labute approximate surface area is 114 Å². The number of aromatic nitrogens is 1. The van der Waals surface area contributed by atoms with Crippen LogP contribution in [-0.4, -0.2) is 23.5 Å². The molecule has 2 unspecified atom stereocenters. The number of alkyl halides is 1. The highest BCUT2D eigenvalue weighted by Crippen LogP contribution is 2.29. The summed E-state index contributed by atoms with van der Waals surface area (Å²) >= 11 is 6.36. The highest BCUT2D eigenvalue weighted by molar-refractivity contribution is 6.20. The monoisotopic (exact) mass is 268 g/mol. The van der Waals surface area contributed by atoms with Gasteiger partial charge in [-0.15, -0.1) is 11.6 Å². The van der Waals surface area contributed by atoms with Crippen molar-refractivity contribution in [2.24, 2.45) is 5.92 Å². The molecule has 100 valence electrons. The summed E-state index contributed by atoms with van der Waals surface area (Å²) in [5.41, 5.74) is 0. The number of nitrogens with zero attached hydrogens (tertiary/aromatic N) is 1. The number of halogens is 1. The van der Waals surface area contributed by atoms with E-state index in [1.165, 1.54) is 19.3 Å². The van der Waals surface area contributed by atoms with Crippen molar-refractivity contribution in [2.45, 2.75) is 38.0 Å². The van der Waals surface area contributed by atoms with Gasteiger partial charge in [-0.2, -0.15) is 0 Å². The van der Waals surface area contributed by atoms with Gasteiger partial charge < -0.3 is 10.1 Å². The molecule has 1 saturated carbocycles. The van der Waals surface area contributed by atoms with Crippen LogP contribution >= 0.6 is 11.6 Å². The molecule has 0 aliphatic heterocycles. The molecular formula is C14H21ClN2O. The molecule has 1 aromatic rings. The lowest BCUT2D eigenvalue weighted by Crippen LogP contribution is -2.27. The van der Waals surface area contributed by atoms with E-state index in [0.29, 0.717) is 17.9 Å². The van der Waals surface area contributed by atoms with Crippen LogP contribution in [0.2, 0.25) is 0 Å². The van der Waals surface area contributed by atoms with E-state index in [-0.39, 0.29) is 0 Å². The number of hydrogen-bond donors (Lipinski definition) is 1. The van der Waals surface area contributed by atoms with Gasteiger partial charge in [0.2, 0.25) is 0 Å². The van der Waals surface area contributed by atoms with Gasteiger partial charge in [-0.05, 0) is 37.8 Å². The van der Waals surface area contributed by atoms with Crippen LogP contribution in [0.25, 0.3) is 0 Å². The van der Waals surface area contributed by atoms with Gasteiger partial charge in [-0.3, -0.25) is 0 Å². The molecule has 2 rings (SSSR count). The summed E-state index contributed by atoms with van der Waals surface area (Å²) in [5, 5.41) is 3.67. The molecule has 1 aliphatic carbocycles. The fourth-order valence-electron chi connectivity index (χ4n) is 2.42. The van der Waals surface area contributed by atoms with Gasteiger partial charge in [-0.1, -0.05) is 12.8 Å². The zero-order valence-electron chi connectivity index (χ0n) is 10.9. The Kier molecular flexibility index (Phi) is 5.12. The summed E-state index contributed by atoms with van der Waals surface area (Å²) in [5.74, 6) is 2.19. The van der Waals surface area contributed by atoms with Gasteiger partial charge >= 0.3 is 0 Å². The van der Waals surface area contributed by atoms with Crippen LogP contribution in [0.4, 0.5) is 5.82 Å². The molecule has 0 radical (unpaired) electrons. The third kappa shape index (κ3) is 3.52. The predicted molar refractivity (Wildman–Crippen MR) is 75.5 cm³/mol. The lowest BCUT2D eigenvalue weighted by atomic mass is 9.89. The second kappa shape index (κ2) is 6.83. The minimum Gasteiger partial charge on any atom is -0.490 e. The quantitative estimate of drug-likeness (QED) is 0.827. The molecule has 0 aromatic carbocycles. The van der Waals surface area contributed by atoms with Crippen LogP contribution in [0, 0.1) is 5.92 Å². The Morgan fingerprint density at radius 1 is 1.44 bits per heavy atom. The zero-order chi connectivity index (χ0) is 12.8. The van der Waals surface area contributed by atoms with Crippen molar-refractivity contribution in [2.75, 3.05) is 18.5 Å². The molecule has 1 aromatic heterocycles. The van der Waals surface area contributed by atoms with Crippen molar-refractivity contribution >= 4 is 17.4 Å². The molecule has 3 nitrogen and oxygen atoms in total. The summed E-state index contributed by atoms with van der Waals surface area (Å²) in [4.78, 5) is 4.33. The first-order valence-corrected chi connectivity index (χ1v) is 7.20. The van der Waals surface area contributed by atoms with Gasteiger partial charge in [0.15, 0.2) is 11.6 Å². The normalized spacial score (nSPS) is 23.7. The second-order valence-electron chi connectivity index (χ2n) is 4.72.